The molecule has 0 aliphatic heterocycles. The molecule has 0 fully saturated rings. The van der Waals surface area contributed by atoms with Crippen LogP contribution < -0.4 is 10.1 Å². The number of carbonyl (C=O) groups excluding carboxylic acids is 1. The van der Waals surface area contributed by atoms with Gasteiger partial charge in [-0.3, -0.25) is 4.79 Å². The van der Waals surface area contributed by atoms with Crippen LogP contribution in [0.2, 0.25) is 0 Å². The van der Waals surface area contributed by atoms with Crippen molar-refractivity contribution in [2.75, 3.05) is 7.11 Å². The number of H-pyrrole nitrogens is 1. The number of aromatic carboxylic acids is 1. The summed E-state index contributed by atoms with van der Waals surface area (Å²) in [6.07, 6.45) is 5.31. The first kappa shape index (κ1) is 23.5. The highest BCUT2D eigenvalue weighted by Gasteiger charge is 2.32. The molecule has 2 atom stereocenters. The fourth-order valence-electron chi connectivity index (χ4n) is 4.02. The maximum atomic E-state index is 14.2. The van der Waals surface area contributed by atoms with Crippen LogP contribution in [0.3, 0.4) is 0 Å². The number of imidazole rings is 1. The summed E-state index contributed by atoms with van der Waals surface area (Å²) in [7, 11) is 1.38. The number of alkyl halides is 1. The number of amides is 1. The summed E-state index contributed by atoms with van der Waals surface area (Å²) in [5, 5.41) is 12.1. The van der Waals surface area contributed by atoms with Crippen molar-refractivity contribution >= 4 is 40.1 Å². The van der Waals surface area contributed by atoms with E-state index in [1.165, 1.54) is 25.3 Å². The van der Waals surface area contributed by atoms with E-state index in [1.54, 1.807) is 30.4 Å². The summed E-state index contributed by atoms with van der Waals surface area (Å²) >= 11 is 6.66. The Labute approximate surface area is 200 Å². The van der Waals surface area contributed by atoms with Crippen LogP contribution in [0.15, 0.2) is 48.6 Å². The number of nitrogens with zero attached hydrogens (tertiary/aromatic N) is 1. The zero-order valence-corrected chi connectivity index (χ0v) is 19.5. The molecule has 1 heterocycles. The average Bonchev–Trinajstić information content (AvgIpc) is 3.20. The second kappa shape index (κ2) is 9.30. The second-order valence-electron chi connectivity index (χ2n) is 8.25. The van der Waals surface area contributed by atoms with Gasteiger partial charge in [0.05, 0.1) is 29.1 Å². The molecule has 1 aliphatic carbocycles. The Morgan fingerprint density at radius 3 is 2.71 bits per heavy atom. The van der Waals surface area contributed by atoms with E-state index in [0.717, 1.165) is 0 Å². The average molecular weight is 484 g/mol. The predicted molar refractivity (Wildman–Crippen MR) is 128 cm³/mol. The highest BCUT2D eigenvalue weighted by Crippen LogP contribution is 2.41. The van der Waals surface area contributed by atoms with Crippen LogP contribution in [-0.4, -0.2) is 45.5 Å². The minimum absolute atomic E-state index is 0.0305. The van der Waals surface area contributed by atoms with Crippen molar-refractivity contribution in [3.05, 3.63) is 76.9 Å². The number of carboxylic acids is 1. The van der Waals surface area contributed by atoms with Crippen LogP contribution in [0, 0.1) is 5.82 Å². The van der Waals surface area contributed by atoms with E-state index in [1.807, 2.05) is 13.8 Å². The summed E-state index contributed by atoms with van der Waals surface area (Å²) in [5.41, 5.74) is 2.25. The Morgan fingerprint density at radius 2 is 2.03 bits per heavy atom. The van der Waals surface area contributed by atoms with Gasteiger partial charge in [0, 0.05) is 35.2 Å². The molecule has 0 saturated heterocycles. The van der Waals surface area contributed by atoms with Crippen LogP contribution >= 0.6 is 11.6 Å². The lowest BCUT2D eigenvalue weighted by Crippen LogP contribution is -2.30. The Morgan fingerprint density at radius 1 is 1.26 bits per heavy atom. The molecule has 176 valence electrons. The number of methoxy groups -OCH3 is 1. The largest absolute Gasteiger partial charge is 0.494 e. The minimum atomic E-state index is -1.18. The summed E-state index contributed by atoms with van der Waals surface area (Å²) in [6.45, 7) is 3.64. The zero-order chi connectivity index (χ0) is 24.6. The van der Waals surface area contributed by atoms with Gasteiger partial charge in [0.25, 0.3) is 5.91 Å². The van der Waals surface area contributed by atoms with Crippen LogP contribution in [0.25, 0.3) is 16.6 Å². The highest BCUT2D eigenvalue weighted by molar-refractivity contribution is 6.23. The molecule has 0 radical (unpaired) electrons. The number of benzene rings is 2. The number of hydrogen-bond acceptors (Lipinski definition) is 4. The van der Waals surface area contributed by atoms with Crippen LogP contribution in [-0.2, 0) is 0 Å². The first-order valence-electron chi connectivity index (χ1n) is 10.6. The third-order valence-corrected chi connectivity index (χ3v) is 5.95. The molecule has 3 N–H and O–H groups in total. The Hall–Kier alpha value is -3.65. The number of ether oxygens (including phenoxy) is 1. The number of allylic oxidation sites excluding steroid dienone is 4. The van der Waals surface area contributed by atoms with Gasteiger partial charge in [-0.15, -0.1) is 11.6 Å². The van der Waals surface area contributed by atoms with Crippen molar-refractivity contribution in [1.29, 1.82) is 0 Å². The normalized spacial score (nSPS) is 17.6. The molecule has 1 aliphatic rings. The number of aromatic amines is 1. The second-order valence-corrected chi connectivity index (χ2v) is 8.76. The third-order valence-electron chi connectivity index (χ3n) is 5.55. The standard InChI is InChI=1S/C25H23ClFN3O4/c1-12(2)28-24(31)13-7-8-14(16(9-13)25(32)33)22-15(5-4-6-17(22)26)23-29-19-10-18(27)21(34-3)11-20(19)30-23/h4-12,17,22H,1-3H3,(H,28,31)(H,29,30)(H,32,33)/t17?,22-/m1/s1. The molecular formula is C25H23ClFN3O4. The number of fused-ring (bicyclic) bond motifs is 1. The SMILES string of the molecule is COc1cc2[nH]c(C3=CC=CC(Cl)[C@@H]3c3ccc(C(=O)NC(C)C)cc3C(=O)O)nc2cc1F. The fourth-order valence-corrected chi connectivity index (χ4v) is 4.38. The number of nitrogens with one attached hydrogen (secondary N) is 2. The first-order valence-corrected chi connectivity index (χ1v) is 11.1. The molecule has 7 nitrogen and oxygen atoms in total. The topological polar surface area (TPSA) is 104 Å². The van der Waals surface area contributed by atoms with E-state index in [9.17, 15) is 19.1 Å². The molecule has 1 amide bonds. The molecular weight excluding hydrogens is 461 g/mol. The van der Waals surface area contributed by atoms with Gasteiger partial charge in [0.15, 0.2) is 11.6 Å². The quantitative estimate of drug-likeness (QED) is 0.433. The van der Waals surface area contributed by atoms with E-state index in [-0.39, 0.29) is 28.8 Å². The molecule has 3 aromatic rings. The summed E-state index contributed by atoms with van der Waals surface area (Å²) in [4.78, 5) is 32.3. The van der Waals surface area contributed by atoms with Crippen LogP contribution in [0.1, 0.15) is 51.9 Å². The Balaban J connectivity index is 1.81. The number of carboxylic acid groups (broad SMARTS) is 1. The number of aromatic nitrogens is 2. The summed E-state index contributed by atoms with van der Waals surface area (Å²) in [5.74, 6) is -2.15. The maximum Gasteiger partial charge on any atom is 0.336 e. The molecule has 2 aromatic carbocycles. The lowest BCUT2D eigenvalue weighted by molar-refractivity contribution is 0.0695. The van der Waals surface area contributed by atoms with Gasteiger partial charge >= 0.3 is 5.97 Å². The summed E-state index contributed by atoms with van der Waals surface area (Å²) < 4.78 is 19.2. The Kier molecular flexibility index (Phi) is 6.43. The molecule has 34 heavy (non-hydrogen) atoms. The van der Waals surface area contributed by atoms with Crippen molar-refractivity contribution < 1.29 is 23.8 Å². The predicted octanol–water partition coefficient (Wildman–Crippen LogP) is 4.89. The van der Waals surface area contributed by atoms with Crippen molar-refractivity contribution in [3.8, 4) is 5.75 Å². The van der Waals surface area contributed by atoms with E-state index in [0.29, 0.717) is 28.0 Å². The van der Waals surface area contributed by atoms with Gasteiger partial charge in [-0.05, 0) is 31.5 Å². The van der Waals surface area contributed by atoms with Crippen LogP contribution in [0.4, 0.5) is 4.39 Å². The van der Waals surface area contributed by atoms with E-state index >= 15 is 0 Å². The molecule has 1 unspecified atom stereocenters. The first-order chi connectivity index (χ1) is 16.2. The summed E-state index contributed by atoms with van der Waals surface area (Å²) in [6, 6.07) is 7.23. The lowest BCUT2D eigenvalue weighted by atomic mass is 9.81. The molecule has 4 rings (SSSR count). The highest BCUT2D eigenvalue weighted by atomic mass is 35.5. The fraction of sp³-hybridized carbons (Fsp3) is 0.240. The van der Waals surface area contributed by atoms with Gasteiger partial charge in [-0.2, -0.15) is 0 Å². The van der Waals surface area contributed by atoms with Gasteiger partial charge in [0.2, 0.25) is 0 Å². The van der Waals surface area contributed by atoms with Gasteiger partial charge in [-0.1, -0.05) is 24.3 Å². The smallest absolute Gasteiger partial charge is 0.336 e. The van der Waals surface area contributed by atoms with Gasteiger partial charge < -0.3 is 20.1 Å². The third kappa shape index (κ3) is 4.41. The number of rotatable bonds is 6. The monoisotopic (exact) mass is 483 g/mol. The molecule has 1 aromatic heterocycles. The molecule has 9 heteroatoms. The minimum Gasteiger partial charge on any atom is -0.494 e. The number of hydrogen-bond donors (Lipinski definition) is 3. The maximum absolute atomic E-state index is 14.2. The van der Waals surface area contributed by atoms with Crippen LogP contribution in [0.5, 0.6) is 5.75 Å². The lowest BCUT2D eigenvalue weighted by Gasteiger charge is -2.26. The van der Waals surface area contributed by atoms with Crippen molar-refractivity contribution in [2.24, 2.45) is 0 Å². The van der Waals surface area contributed by atoms with Gasteiger partial charge in [0.1, 0.15) is 5.82 Å². The van der Waals surface area contributed by atoms with Crippen molar-refractivity contribution in [2.45, 2.75) is 31.2 Å². The molecule has 0 spiro atoms. The zero-order valence-electron chi connectivity index (χ0n) is 18.7. The van der Waals surface area contributed by atoms with E-state index in [2.05, 4.69) is 15.3 Å². The molecule has 0 bridgehead atoms. The van der Waals surface area contributed by atoms with Crippen molar-refractivity contribution in [1.82, 2.24) is 15.3 Å². The molecule has 0 saturated carbocycles. The van der Waals surface area contributed by atoms with E-state index in [4.69, 9.17) is 16.3 Å². The Bertz CT molecular complexity index is 1350. The van der Waals surface area contributed by atoms with Crippen molar-refractivity contribution in [3.63, 3.8) is 0 Å². The van der Waals surface area contributed by atoms with E-state index < -0.39 is 23.1 Å². The number of carbonyl (C=O) groups is 2. The van der Waals surface area contributed by atoms with Gasteiger partial charge in [-0.25, -0.2) is 14.2 Å². The number of halogens is 2.